The van der Waals surface area contributed by atoms with Crippen LogP contribution < -0.4 is 4.90 Å². The number of aliphatic hydroxyl groups is 1. The van der Waals surface area contributed by atoms with Crippen LogP contribution in [0.2, 0.25) is 0 Å². The van der Waals surface area contributed by atoms with E-state index in [1.807, 2.05) is 48.6 Å². The number of anilines is 1. The van der Waals surface area contributed by atoms with Gasteiger partial charge in [0, 0.05) is 30.7 Å². The molecule has 1 heterocycles. The van der Waals surface area contributed by atoms with Gasteiger partial charge in [-0.05, 0) is 36.8 Å². The third kappa shape index (κ3) is 3.41. The summed E-state index contributed by atoms with van der Waals surface area (Å²) in [6.45, 7) is 1.53. The highest BCUT2D eigenvalue weighted by atomic mass is 32.1. The molecule has 1 N–H and O–H groups in total. The Morgan fingerprint density at radius 1 is 1.04 bits per heavy atom. The monoisotopic (exact) mass is 360 g/mol. The lowest BCUT2D eigenvalue weighted by Gasteiger charge is -2.21. The molecule has 0 amide bonds. The second kappa shape index (κ2) is 6.54. The van der Waals surface area contributed by atoms with Crippen LogP contribution in [-0.4, -0.2) is 24.2 Å². The quantitative estimate of drug-likeness (QED) is 0.749. The first kappa shape index (κ1) is 17.5. The van der Waals surface area contributed by atoms with E-state index in [1.165, 1.54) is 24.3 Å². The van der Waals surface area contributed by atoms with Crippen LogP contribution in [-0.2, 0) is 5.60 Å². The molecule has 1 unspecified atom stereocenters. The normalized spacial score (nSPS) is 13.5. The molecule has 0 aliphatic heterocycles. The molecular formula is C19H18F2N2OS. The van der Waals surface area contributed by atoms with E-state index in [0.29, 0.717) is 5.01 Å². The number of aromatic nitrogens is 1. The smallest absolute Gasteiger partial charge is 0.159 e. The molecule has 0 aliphatic carbocycles. The fourth-order valence-corrected chi connectivity index (χ4v) is 3.39. The predicted molar refractivity (Wildman–Crippen MR) is 96.9 cm³/mol. The Kier molecular flexibility index (Phi) is 4.58. The van der Waals surface area contributed by atoms with Crippen molar-refractivity contribution < 1.29 is 13.9 Å². The van der Waals surface area contributed by atoms with Crippen LogP contribution in [0.4, 0.5) is 14.5 Å². The summed E-state index contributed by atoms with van der Waals surface area (Å²) in [6, 6.07) is 11.3. The number of thiazole rings is 1. The van der Waals surface area contributed by atoms with Crippen LogP contribution in [0, 0.1) is 11.6 Å². The number of rotatable bonds is 4. The van der Waals surface area contributed by atoms with E-state index in [-0.39, 0.29) is 5.56 Å². The average molecular weight is 360 g/mol. The number of nitrogens with zero attached hydrogens (tertiary/aromatic N) is 2. The molecular weight excluding hydrogens is 342 g/mol. The number of halogens is 2. The molecule has 6 heteroatoms. The molecule has 2 aromatic carbocycles. The van der Waals surface area contributed by atoms with Crippen LogP contribution in [0.15, 0.2) is 47.8 Å². The van der Waals surface area contributed by atoms with Crippen molar-refractivity contribution in [3.63, 3.8) is 0 Å². The maximum absolute atomic E-state index is 13.5. The van der Waals surface area contributed by atoms with Gasteiger partial charge in [0.05, 0.1) is 5.69 Å². The molecule has 0 bridgehead atoms. The van der Waals surface area contributed by atoms with Gasteiger partial charge in [0.25, 0.3) is 0 Å². The van der Waals surface area contributed by atoms with Crippen molar-refractivity contribution in [2.24, 2.45) is 0 Å². The summed E-state index contributed by atoms with van der Waals surface area (Å²) in [5.41, 5.74) is 1.49. The van der Waals surface area contributed by atoms with Crippen molar-refractivity contribution in [1.29, 1.82) is 0 Å². The molecule has 1 atom stereocenters. The van der Waals surface area contributed by atoms with E-state index in [9.17, 15) is 13.9 Å². The summed E-state index contributed by atoms with van der Waals surface area (Å²) in [5.74, 6) is -1.94. The van der Waals surface area contributed by atoms with Crippen molar-refractivity contribution in [2.45, 2.75) is 12.5 Å². The zero-order valence-corrected chi connectivity index (χ0v) is 14.9. The summed E-state index contributed by atoms with van der Waals surface area (Å²) in [7, 11) is 3.93. The minimum Gasteiger partial charge on any atom is -0.378 e. The highest BCUT2D eigenvalue weighted by Gasteiger charge is 2.30. The molecule has 3 aromatic rings. The highest BCUT2D eigenvalue weighted by Crippen LogP contribution is 2.34. The van der Waals surface area contributed by atoms with Gasteiger partial charge in [-0.2, -0.15) is 0 Å². The molecule has 1 aromatic heterocycles. The Morgan fingerprint density at radius 3 is 2.32 bits per heavy atom. The zero-order chi connectivity index (χ0) is 18.2. The molecule has 25 heavy (non-hydrogen) atoms. The Balaban J connectivity index is 1.92. The molecule has 0 fully saturated rings. The van der Waals surface area contributed by atoms with Crippen molar-refractivity contribution in [3.8, 4) is 11.3 Å². The van der Waals surface area contributed by atoms with Crippen LogP contribution in [0.3, 0.4) is 0 Å². The van der Waals surface area contributed by atoms with E-state index in [0.717, 1.165) is 29.1 Å². The zero-order valence-electron chi connectivity index (χ0n) is 14.1. The lowest BCUT2D eigenvalue weighted by Crippen LogP contribution is -2.23. The first-order valence-electron chi connectivity index (χ1n) is 7.70. The average Bonchev–Trinajstić information content (AvgIpc) is 3.08. The highest BCUT2D eigenvalue weighted by molar-refractivity contribution is 7.10. The Bertz CT molecular complexity index is 889. The maximum atomic E-state index is 13.5. The minimum absolute atomic E-state index is 0.259. The summed E-state index contributed by atoms with van der Waals surface area (Å²) in [6.07, 6.45) is 0. The number of benzene rings is 2. The second-order valence-electron chi connectivity index (χ2n) is 6.18. The van der Waals surface area contributed by atoms with Gasteiger partial charge in [-0.15, -0.1) is 11.3 Å². The van der Waals surface area contributed by atoms with Gasteiger partial charge in [-0.25, -0.2) is 13.8 Å². The fraction of sp³-hybridized carbons (Fsp3) is 0.211. The van der Waals surface area contributed by atoms with Crippen molar-refractivity contribution in [2.75, 3.05) is 19.0 Å². The Morgan fingerprint density at radius 2 is 1.72 bits per heavy atom. The van der Waals surface area contributed by atoms with Gasteiger partial charge in [-0.3, -0.25) is 0 Å². The van der Waals surface area contributed by atoms with E-state index in [2.05, 4.69) is 4.98 Å². The summed E-state index contributed by atoms with van der Waals surface area (Å²) in [4.78, 5) is 6.50. The van der Waals surface area contributed by atoms with Gasteiger partial charge in [0.15, 0.2) is 11.6 Å². The fourth-order valence-electron chi connectivity index (χ4n) is 2.48. The molecule has 0 radical (unpaired) electrons. The first-order chi connectivity index (χ1) is 11.8. The molecule has 0 saturated heterocycles. The first-order valence-corrected chi connectivity index (χ1v) is 8.58. The van der Waals surface area contributed by atoms with Crippen LogP contribution in [0.1, 0.15) is 17.5 Å². The molecule has 3 nitrogen and oxygen atoms in total. The van der Waals surface area contributed by atoms with E-state index >= 15 is 0 Å². The van der Waals surface area contributed by atoms with Gasteiger partial charge in [0.2, 0.25) is 0 Å². The molecule has 0 saturated carbocycles. The summed E-state index contributed by atoms with van der Waals surface area (Å²) in [5, 5.41) is 13.1. The summed E-state index contributed by atoms with van der Waals surface area (Å²) >= 11 is 1.28. The van der Waals surface area contributed by atoms with Gasteiger partial charge in [0.1, 0.15) is 10.6 Å². The van der Waals surface area contributed by atoms with Gasteiger partial charge in [-0.1, -0.05) is 18.2 Å². The van der Waals surface area contributed by atoms with Crippen LogP contribution in [0.5, 0.6) is 0 Å². The Hall–Kier alpha value is -2.31. The number of hydrogen-bond donors (Lipinski definition) is 1. The standard InChI is InChI=1S/C19H18F2N2OS/c1-19(24,13-6-9-15(20)16(21)10-13)18-22-17(11-25-18)12-4-7-14(8-5-12)23(2)3/h4-11,24H,1-3H3. The lowest BCUT2D eigenvalue weighted by atomic mass is 9.96. The van der Waals surface area contributed by atoms with Crippen molar-refractivity contribution >= 4 is 17.0 Å². The predicted octanol–water partition coefficient (Wildman–Crippen LogP) is 4.41. The van der Waals surface area contributed by atoms with Crippen LogP contribution in [0.25, 0.3) is 11.3 Å². The SMILES string of the molecule is CN(C)c1ccc(-c2csc(C(C)(O)c3ccc(F)c(F)c3)n2)cc1. The van der Waals surface area contributed by atoms with E-state index in [4.69, 9.17) is 0 Å². The van der Waals surface area contributed by atoms with E-state index < -0.39 is 17.2 Å². The molecule has 130 valence electrons. The number of hydrogen-bond acceptors (Lipinski definition) is 4. The van der Waals surface area contributed by atoms with E-state index in [1.54, 1.807) is 0 Å². The molecule has 3 rings (SSSR count). The van der Waals surface area contributed by atoms with Gasteiger partial charge >= 0.3 is 0 Å². The second-order valence-corrected chi connectivity index (χ2v) is 7.04. The van der Waals surface area contributed by atoms with Crippen LogP contribution >= 0.6 is 11.3 Å². The van der Waals surface area contributed by atoms with Crippen molar-refractivity contribution in [1.82, 2.24) is 4.98 Å². The largest absolute Gasteiger partial charge is 0.378 e. The Labute approximate surface area is 149 Å². The third-order valence-electron chi connectivity index (χ3n) is 4.08. The maximum Gasteiger partial charge on any atom is 0.159 e. The third-order valence-corrected chi connectivity index (χ3v) is 5.13. The summed E-state index contributed by atoms with van der Waals surface area (Å²) < 4.78 is 26.6. The lowest BCUT2D eigenvalue weighted by molar-refractivity contribution is 0.101. The molecule has 0 spiro atoms. The topological polar surface area (TPSA) is 36.4 Å². The minimum atomic E-state index is -1.50. The van der Waals surface area contributed by atoms with Crippen molar-refractivity contribution in [3.05, 3.63) is 70.1 Å². The van der Waals surface area contributed by atoms with Gasteiger partial charge < -0.3 is 10.0 Å². The molecule has 0 aliphatic rings.